The number of carbonyl (C=O) groups is 1. The largest absolute Gasteiger partial charge is 0.486 e. The SMILES string of the molecule is COC(=O)C[N+](C)(C)CCC(Oc1ccc(C(F)(F)c2ccc(F)cc2)cc1)c1cccc(Cl)c1. The van der Waals surface area contributed by atoms with Gasteiger partial charge in [0, 0.05) is 22.6 Å². The number of likely N-dealkylation sites (N-methyl/N-ethyl adjacent to an activating group) is 1. The molecule has 0 fully saturated rings. The lowest BCUT2D eigenvalue weighted by Crippen LogP contribution is -2.45. The lowest BCUT2D eigenvalue weighted by molar-refractivity contribution is -0.883. The zero-order valence-electron chi connectivity index (χ0n) is 19.8. The van der Waals surface area contributed by atoms with Gasteiger partial charge in [-0.2, -0.15) is 8.78 Å². The molecule has 35 heavy (non-hydrogen) atoms. The monoisotopic (exact) mass is 506 g/mol. The van der Waals surface area contributed by atoms with E-state index in [1.807, 2.05) is 26.2 Å². The zero-order chi connectivity index (χ0) is 25.6. The van der Waals surface area contributed by atoms with Crippen LogP contribution >= 0.6 is 11.6 Å². The van der Waals surface area contributed by atoms with E-state index < -0.39 is 17.8 Å². The van der Waals surface area contributed by atoms with Crippen LogP contribution in [0.1, 0.15) is 29.2 Å². The Labute approximate surface area is 208 Å². The van der Waals surface area contributed by atoms with E-state index >= 15 is 0 Å². The molecule has 0 spiro atoms. The van der Waals surface area contributed by atoms with Crippen LogP contribution < -0.4 is 4.74 Å². The van der Waals surface area contributed by atoms with Crippen molar-refractivity contribution in [1.29, 1.82) is 0 Å². The lowest BCUT2D eigenvalue weighted by atomic mass is 10.00. The fraction of sp³-hybridized carbons (Fsp3) is 0.296. The Morgan fingerprint density at radius 2 is 1.60 bits per heavy atom. The van der Waals surface area contributed by atoms with Gasteiger partial charge in [0.1, 0.15) is 17.7 Å². The van der Waals surface area contributed by atoms with Crippen molar-refractivity contribution in [2.24, 2.45) is 0 Å². The van der Waals surface area contributed by atoms with Crippen LogP contribution in [0.25, 0.3) is 0 Å². The van der Waals surface area contributed by atoms with Crippen LogP contribution in [0, 0.1) is 5.82 Å². The van der Waals surface area contributed by atoms with Crippen molar-refractivity contribution in [3.05, 3.63) is 100 Å². The number of hydrogen-bond acceptors (Lipinski definition) is 3. The van der Waals surface area contributed by atoms with Gasteiger partial charge in [-0.05, 0) is 66.2 Å². The minimum absolute atomic E-state index is 0.200. The summed E-state index contributed by atoms with van der Waals surface area (Å²) in [6, 6.07) is 17.0. The minimum atomic E-state index is -3.28. The summed E-state index contributed by atoms with van der Waals surface area (Å²) in [5, 5.41) is 0.550. The summed E-state index contributed by atoms with van der Waals surface area (Å²) >= 11 is 6.18. The van der Waals surface area contributed by atoms with E-state index in [0.29, 0.717) is 28.2 Å². The van der Waals surface area contributed by atoms with E-state index in [1.54, 1.807) is 12.1 Å². The molecule has 3 aromatic rings. The summed E-state index contributed by atoms with van der Waals surface area (Å²) < 4.78 is 54.3. The average molecular weight is 507 g/mol. The molecule has 1 unspecified atom stereocenters. The smallest absolute Gasteiger partial charge is 0.361 e. The van der Waals surface area contributed by atoms with Crippen molar-refractivity contribution in [2.45, 2.75) is 18.4 Å². The topological polar surface area (TPSA) is 35.5 Å². The second-order valence-electron chi connectivity index (χ2n) is 8.95. The molecule has 0 bridgehead atoms. The molecular weight excluding hydrogens is 479 g/mol. The number of halogens is 4. The molecule has 0 saturated carbocycles. The van der Waals surface area contributed by atoms with Crippen molar-refractivity contribution < 1.29 is 31.9 Å². The first kappa shape index (κ1) is 26.6. The summed E-state index contributed by atoms with van der Waals surface area (Å²) in [6.07, 6.45) is 0.116. The van der Waals surface area contributed by atoms with Crippen LogP contribution in [0.3, 0.4) is 0 Å². The third kappa shape index (κ3) is 7.23. The molecular formula is C27H28ClF3NO3+. The predicted octanol–water partition coefficient (Wildman–Crippen LogP) is 6.38. The van der Waals surface area contributed by atoms with Gasteiger partial charge < -0.3 is 14.0 Å². The highest BCUT2D eigenvalue weighted by atomic mass is 35.5. The number of ether oxygens (including phenoxy) is 2. The Bertz CT molecular complexity index is 1140. The Kier molecular flexibility index (Phi) is 8.46. The molecule has 3 rings (SSSR count). The van der Waals surface area contributed by atoms with E-state index in [0.717, 1.165) is 29.8 Å². The molecule has 186 valence electrons. The Balaban J connectivity index is 1.79. The molecule has 0 radical (unpaired) electrons. The molecule has 0 saturated heterocycles. The van der Waals surface area contributed by atoms with Crippen LogP contribution in [0.15, 0.2) is 72.8 Å². The highest BCUT2D eigenvalue weighted by Crippen LogP contribution is 2.37. The van der Waals surface area contributed by atoms with E-state index in [2.05, 4.69) is 0 Å². The molecule has 8 heteroatoms. The Morgan fingerprint density at radius 3 is 2.17 bits per heavy atom. The number of alkyl halides is 2. The van der Waals surface area contributed by atoms with Gasteiger partial charge in [-0.15, -0.1) is 0 Å². The fourth-order valence-corrected chi connectivity index (χ4v) is 3.89. The number of quaternary nitrogens is 1. The molecule has 0 N–H and O–H groups in total. The maximum Gasteiger partial charge on any atom is 0.361 e. The molecule has 1 atom stereocenters. The van der Waals surface area contributed by atoms with E-state index in [9.17, 15) is 18.0 Å². The molecule has 0 amide bonds. The average Bonchev–Trinajstić information content (AvgIpc) is 2.82. The van der Waals surface area contributed by atoms with E-state index in [-0.39, 0.29) is 23.6 Å². The molecule has 0 aliphatic rings. The normalized spacial score (nSPS) is 12.8. The maximum absolute atomic E-state index is 14.9. The second-order valence-corrected chi connectivity index (χ2v) is 9.39. The number of carbonyl (C=O) groups excluding carboxylic acids is 1. The van der Waals surface area contributed by atoms with Crippen molar-refractivity contribution in [3.8, 4) is 5.75 Å². The summed E-state index contributed by atoms with van der Waals surface area (Å²) in [5.41, 5.74) is 0.304. The third-order valence-electron chi connectivity index (χ3n) is 5.70. The van der Waals surface area contributed by atoms with E-state index in [1.165, 1.54) is 31.4 Å². The molecule has 4 nitrogen and oxygen atoms in total. The Hall–Kier alpha value is -3.03. The van der Waals surface area contributed by atoms with Crippen molar-refractivity contribution in [1.82, 2.24) is 0 Å². The van der Waals surface area contributed by atoms with Crippen LogP contribution in [-0.4, -0.2) is 44.7 Å². The zero-order valence-corrected chi connectivity index (χ0v) is 20.6. The quantitative estimate of drug-likeness (QED) is 0.236. The Morgan fingerprint density at radius 1 is 1.00 bits per heavy atom. The summed E-state index contributed by atoms with van der Waals surface area (Å²) in [7, 11) is 5.18. The lowest BCUT2D eigenvalue weighted by Gasteiger charge is -2.30. The second kappa shape index (κ2) is 11.1. The summed E-state index contributed by atoms with van der Waals surface area (Å²) in [4.78, 5) is 11.7. The van der Waals surface area contributed by atoms with Gasteiger partial charge in [0.05, 0.1) is 27.7 Å². The molecule has 0 aliphatic carbocycles. The van der Waals surface area contributed by atoms with Gasteiger partial charge in [-0.1, -0.05) is 23.7 Å². The first-order valence-electron chi connectivity index (χ1n) is 11.1. The minimum Gasteiger partial charge on any atom is -0.486 e. The van der Waals surface area contributed by atoms with Gasteiger partial charge in [0.2, 0.25) is 0 Å². The first-order chi connectivity index (χ1) is 16.5. The number of rotatable bonds is 10. The number of esters is 1. The number of hydrogen-bond donors (Lipinski definition) is 0. The predicted molar refractivity (Wildman–Crippen MR) is 129 cm³/mol. The van der Waals surface area contributed by atoms with Gasteiger partial charge in [-0.3, -0.25) is 0 Å². The van der Waals surface area contributed by atoms with Crippen molar-refractivity contribution in [2.75, 3.05) is 34.3 Å². The van der Waals surface area contributed by atoms with Gasteiger partial charge in [-0.25, -0.2) is 9.18 Å². The van der Waals surface area contributed by atoms with Crippen LogP contribution in [-0.2, 0) is 15.5 Å². The number of benzene rings is 3. The summed E-state index contributed by atoms with van der Waals surface area (Å²) in [5.74, 6) is -3.76. The summed E-state index contributed by atoms with van der Waals surface area (Å²) in [6.45, 7) is 0.791. The van der Waals surface area contributed by atoms with Crippen LogP contribution in [0.5, 0.6) is 5.75 Å². The number of methoxy groups -OCH3 is 1. The van der Waals surface area contributed by atoms with Crippen molar-refractivity contribution in [3.63, 3.8) is 0 Å². The van der Waals surface area contributed by atoms with Gasteiger partial charge >= 0.3 is 5.97 Å². The third-order valence-corrected chi connectivity index (χ3v) is 5.94. The highest BCUT2D eigenvalue weighted by molar-refractivity contribution is 6.30. The van der Waals surface area contributed by atoms with Gasteiger partial charge in [0.15, 0.2) is 6.54 Å². The van der Waals surface area contributed by atoms with Crippen LogP contribution in [0.2, 0.25) is 5.02 Å². The number of nitrogens with zero attached hydrogens (tertiary/aromatic N) is 1. The molecule has 0 heterocycles. The first-order valence-corrected chi connectivity index (χ1v) is 11.4. The highest BCUT2D eigenvalue weighted by Gasteiger charge is 2.34. The maximum atomic E-state index is 14.9. The fourth-order valence-electron chi connectivity index (χ4n) is 3.69. The standard InChI is InChI=1S/C27H28ClF3NO3/c1-32(2,18-26(33)34-3)16-15-25(19-5-4-6-22(28)17-19)35-24-13-9-21(10-14-24)27(30,31)20-7-11-23(29)12-8-20/h4-14,17,25H,15-16,18H2,1-3H3/q+1. The molecule has 3 aromatic carbocycles. The van der Waals surface area contributed by atoms with Crippen LogP contribution in [0.4, 0.5) is 13.2 Å². The van der Waals surface area contributed by atoms with Gasteiger partial charge in [0.25, 0.3) is 5.92 Å². The van der Waals surface area contributed by atoms with E-state index in [4.69, 9.17) is 21.1 Å². The van der Waals surface area contributed by atoms with Crippen molar-refractivity contribution >= 4 is 17.6 Å². The molecule has 0 aliphatic heterocycles. The molecule has 0 aromatic heterocycles.